The van der Waals surface area contributed by atoms with E-state index in [0.29, 0.717) is 13.2 Å². The van der Waals surface area contributed by atoms with Crippen molar-refractivity contribution in [2.24, 2.45) is 0 Å². The summed E-state index contributed by atoms with van der Waals surface area (Å²) < 4.78 is 9.97. The lowest BCUT2D eigenvalue weighted by Gasteiger charge is -2.02. The van der Waals surface area contributed by atoms with Crippen molar-refractivity contribution in [1.29, 1.82) is 0 Å². The third-order valence-electron chi connectivity index (χ3n) is 1.72. The Morgan fingerprint density at radius 1 is 0.917 bits per heavy atom. The summed E-state index contributed by atoms with van der Waals surface area (Å²) in [5.41, 5.74) is 0. The molecular weight excluding hydrogens is 168 g/mol. The molecule has 0 amide bonds. The van der Waals surface area contributed by atoms with Crippen molar-refractivity contribution in [2.45, 2.75) is 39.0 Å². The lowest BCUT2D eigenvalue weighted by Crippen LogP contribution is -2.03. The smallest absolute Gasteiger partial charge is 0.246 e. The second kappa shape index (κ2) is 11.1. The SMILES string of the molecule is CCCCCCCOCCO[Si]. The molecule has 0 heterocycles. The largest absolute Gasteiger partial charge is 0.416 e. The highest BCUT2D eigenvalue weighted by Gasteiger charge is 1.89. The Morgan fingerprint density at radius 2 is 1.67 bits per heavy atom. The number of ether oxygens (including phenoxy) is 1. The van der Waals surface area contributed by atoms with Crippen LogP contribution in [0.15, 0.2) is 0 Å². The van der Waals surface area contributed by atoms with Crippen LogP contribution in [0, 0.1) is 0 Å². The van der Waals surface area contributed by atoms with E-state index in [1.54, 1.807) is 0 Å². The molecule has 0 fully saturated rings. The zero-order chi connectivity index (χ0) is 9.07. The van der Waals surface area contributed by atoms with Crippen LogP contribution in [0.5, 0.6) is 0 Å². The average Bonchev–Trinajstić information content (AvgIpc) is 2.10. The molecule has 0 atom stereocenters. The van der Waals surface area contributed by atoms with Gasteiger partial charge in [-0.1, -0.05) is 32.6 Å². The van der Waals surface area contributed by atoms with E-state index in [2.05, 4.69) is 21.8 Å². The van der Waals surface area contributed by atoms with Gasteiger partial charge in [-0.25, -0.2) is 0 Å². The molecule has 0 aliphatic carbocycles. The molecule has 12 heavy (non-hydrogen) atoms. The van der Waals surface area contributed by atoms with Gasteiger partial charge in [0.05, 0.1) is 13.2 Å². The van der Waals surface area contributed by atoms with E-state index in [9.17, 15) is 0 Å². The third kappa shape index (κ3) is 10.1. The number of rotatable bonds is 9. The van der Waals surface area contributed by atoms with Gasteiger partial charge in [-0.2, -0.15) is 0 Å². The Balaban J connectivity index is 2.73. The molecule has 3 heteroatoms. The first-order chi connectivity index (χ1) is 5.91. The summed E-state index contributed by atoms with van der Waals surface area (Å²) in [6.07, 6.45) is 6.47. The monoisotopic (exact) mass is 187 g/mol. The summed E-state index contributed by atoms with van der Waals surface area (Å²) in [6.45, 7) is 4.42. The molecule has 3 radical (unpaired) electrons. The van der Waals surface area contributed by atoms with Crippen molar-refractivity contribution in [3.8, 4) is 0 Å². The van der Waals surface area contributed by atoms with Crippen LogP contribution < -0.4 is 0 Å². The first-order valence-corrected chi connectivity index (χ1v) is 5.19. The molecule has 0 spiro atoms. The zero-order valence-electron chi connectivity index (χ0n) is 7.97. The van der Waals surface area contributed by atoms with Crippen LogP contribution in [0.25, 0.3) is 0 Å². The molecule has 0 aliphatic rings. The average molecular weight is 187 g/mol. The minimum atomic E-state index is 0.631. The van der Waals surface area contributed by atoms with Gasteiger partial charge in [0.1, 0.15) is 0 Å². The van der Waals surface area contributed by atoms with Gasteiger partial charge in [-0.3, -0.25) is 0 Å². The van der Waals surface area contributed by atoms with Crippen LogP contribution in [0.1, 0.15) is 39.0 Å². The van der Waals surface area contributed by atoms with Crippen LogP contribution in [0.4, 0.5) is 0 Å². The zero-order valence-corrected chi connectivity index (χ0v) is 8.97. The van der Waals surface area contributed by atoms with Gasteiger partial charge >= 0.3 is 0 Å². The van der Waals surface area contributed by atoms with Crippen molar-refractivity contribution in [3.05, 3.63) is 0 Å². The van der Waals surface area contributed by atoms with Crippen LogP contribution >= 0.6 is 0 Å². The van der Waals surface area contributed by atoms with E-state index in [0.717, 1.165) is 6.61 Å². The molecule has 0 unspecified atom stereocenters. The van der Waals surface area contributed by atoms with Gasteiger partial charge in [0.15, 0.2) is 0 Å². The van der Waals surface area contributed by atoms with Crippen LogP contribution in [-0.4, -0.2) is 30.3 Å². The second-order valence-electron chi connectivity index (χ2n) is 2.88. The molecule has 0 bridgehead atoms. The molecule has 0 saturated carbocycles. The first kappa shape index (κ1) is 12.1. The lowest BCUT2D eigenvalue weighted by atomic mass is 10.2. The number of unbranched alkanes of at least 4 members (excludes halogenated alkanes) is 4. The third-order valence-corrected chi connectivity index (χ3v) is 1.93. The Kier molecular flexibility index (Phi) is 11.3. The van der Waals surface area contributed by atoms with E-state index in [-0.39, 0.29) is 0 Å². The molecular formula is C9H19O2Si. The summed E-state index contributed by atoms with van der Waals surface area (Å²) in [4.78, 5) is 0. The van der Waals surface area contributed by atoms with Gasteiger partial charge in [-0.05, 0) is 6.42 Å². The fraction of sp³-hybridized carbons (Fsp3) is 1.00. The first-order valence-electron chi connectivity index (χ1n) is 4.78. The maximum atomic E-state index is 5.30. The summed E-state index contributed by atoms with van der Waals surface area (Å²) >= 11 is 0. The lowest BCUT2D eigenvalue weighted by molar-refractivity contribution is 0.100. The standard InChI is InChI=1S/C9H19O2Si/c1-2-3-4-5-6-7-10-8-9-11-12/h2-9H2,1H3. The maximum absolute atomic E-state index is 5.30. The van der Waals surface area contributed by atoms with Crippen LogP contribution in [-0.2, 0) is 9.16 Å². The van der Waals surface area contributed by atoms with Gasteiger partial charge < -0.3 is 9.16 Å². The van der Waals surface area contributed by atoms with E-state index in [1.807, 2.05) is 0 Å². The van der Waals surface area contributed by atoms with Gasteiger partial charge in [0, 0.05) is 6.61 Å². The van der Waals surface area contributed by atoms with Crippen molar-refractivity contribution in [2.75, 3.05) is 19.8 Å². The fourth-order valence-electron chi connectivity index (χ4n) is 1.01. The highest BCUT2D eigenvalue weighted by atomic mass is 28.2. The van der Waals surface area contributed by atoms with E-state index >= 15 is 0 Å². The molecule has 2 nitrogen and oxygen atoms in total. The Morgan fingerprint density at radius 3 is 2.33 bits per heavy atom. The quantitative estimate of drug-likeness (QED) is 0.406. The molecule has 0 aromatic carbocycles. The molecule has 0 aliphatic heterocycles. The molecule has 0 rings (SSSR count). The van der Waals surface area contributed by atoms with Gasteiger partial charge in [0.2, 0.25) is 10.5 Å². The normalized spacial score (nSPS) is 10.5. The van der Waals surface area contributed by atoms with E-state index < -0.39 is 0 Å². The van der Waals surface area contributed by atoms with Crippen molar-refractivity contribution >= 4 is 10.5 Å². The summed E-state index contributed by atoms with van der Waals surface area (Å²) in [5.74, 6) is 0. The molecule has 0 aromatic heterocycles. The minimum absolute atomic E-state index is 0.631. The molecule has 0 aromatic rings. The topological polar surface area (TPSA) is 18.5 Å². The second-order valence-corrected chi connectivity index (χ2v) is 3.16. The number of hydrogen-bond acceptors (Lipinski definition) is 2. The van der Waals surface area contributed by atoms with Gasteiger partial charge in [0.25, 0.3) is 0 Å². The fourth-order valence-corrected chi connectivity index (χ4v) is 1.09. The van der Waals surface area contributed by atoms with E-state index in [4.69, 9.17) is 4.74 Å². The summed E-state index contributed by atoms with van der Waals surface area (Å²) in [5, 5.41) is 0. The predicted octanol–water partition coefficient (Wildman–Crippen LogP) is 2.07. The highest BCUT2D eigenvalue weighted by Crippen LogP contribution is 2.01. The Hall–Kier alpha value is 0.137. The summed E-state index contributed by atoms with van der Waals surface area (Å²) in [7, 11) is 2.92. The van der Waals surface area contributed by atoms with Crippen molar-refractivity contribution in [3.63, 3.8) is 0 Å². The van der Waals surface area contributed by atoms with E-state index in [1.165, 1.54) is 32.1 Å². The molecule has 0 N–H and O–H groups in total. The van der Waals surface area contributed by atoms with Crippen LogP contribution in [0.2, 0.25) is 0 Å². The summed E-state index contributed by atoms with van der Waals surface area (Å²) in [6, 6.07) is 0. The highest BCUT2D eigenvalue weighted by molar-refractivity contribution is 5.97. The van der Waals surface area contributed by atoms with Gasteiger partial charge in [-0.15, -0.1) is 0 Å². The van der Waals surface area contributed by atoms with Crippen LogP contribution in [0.3, 0.4) is 0 Å². The predicted molar refractivity (Wildman–Crippen MR) is 51.3 cm³/mol. The number of hydrogen-bond donors (Lipinski definition) is 0. The Labute approximate surface area is 79.2 Å². The molecule has 71 valence electrons. The maximum Gasteiger partial charge on any atom is 0.246 e. The van der Waals surface area contributed by atoms with Crippen molar-refractivity contribution in [1.82, 2.24) is 0 Å². The molecule has 0 saturated heterocycles. The Bertz CT molecular complexity index is 68.9. The minimum Gasteiger partial charge on any atom is -0.416 e. The van der Waals surface area contributed by atoms with Crippen molar-refractivity contribution < 1.29 is 9.16 Å².